The van der Waals surface area contributed by atoms with Crippen molar-refractivity contribution < 1.29 is 18.3 Å². The lowest BCUT2D eigenvalue weighted by Crippen LogP contribution is -2.15. The van der Waals surface area contributed by atoms with E-state index in [9.17, 15) is 13.2 Å². The van der Waals surface area contributed by atoms with Gasteiger partial charge in [-0.1, -0.05) is 22.0 Å². The average molecular weight is 441 g/mol. The van der Waals surface area contributed by atoms with Crippen molar-refractivity contribution in [1.29, 1.82) is 0 Å². The van der Waals surface area contributed by atoms with Gasteiger partial charge in [-0.3, -0.25) is 4.72 Å². The number of nitrogens with one attached hydrogen (secondary N) is 1. The number of aromatic carboxylic acids is 1. The van der Waals surface area contributed by atoms with E-state index in [4.69, 9.17) is 5.11 Å². The van der Waals surface area contributed by atoms with Crippen LogP contribution < -0.4 is 4.72 Å². The topological polar surface area (TPSA) is 83.5 Å². The first kappa shape index (κ1) is 15.5. The van der Waals surface area contributed by atoms with Crippen molar-refractivity contribution in [3.63, 3.8) is 0 Å². The van der Waals surface area contributed by atoms with Gasteiger partial charge in [-0.2, -0.15) is 0 Å². The van der Waals surface area contributed by atoms with E-state index in [1.165, 1.54) is 12.1 Å². The maximum atomic E-state index is 12.1. The normalized spacial score (nSPS) is 11.3. The number of halogens is 2. The SMILES string of the molecule is O=C(O)c1cc(Br)cc(Br)c1NS(=O)(=O)c1cccs1. The molecule has 106 valence electrons. The highest BCUT2D eigenvalue weighted by Gasteiger charge is 2.22. The van der Waals surface area contributed by atoms with E-state index in [-0.39, 0.29) is 15.5 Å². The van der Waals surface area contributed by atoms with Gasteiger partial charge < -0.3 is 5.11 Å². The van der Waals surface area contributed by atoms with Crippen molar-refractivity contribution in [2.45, 2.75) is 4.21 Å². The summed E-state index contributed by atoms with van der Waals surface area (Å²) in [5.74, 6) is -1.23. The summed E-state index contributed by atoms with van der Waals surface area (Å²) >= 11 is 7.38. The van der Waals surface area contributed by atoms with Crippen LogP contribution in [0.25, 0.3) is 0 Å². The molecule has 0 bridgehead atoms. The fraction of sp³-hybridized carbons (Fsp3) is 0. The van der Waals surface area contributed by atoms with E-state index in [2.05, 4.69) is 36.6 Å². The van der Waals surface area contributed by atoms with Crippen LogP contribution >= 0.6 is 43.2 Å². The first-order valence-electron chi connectivity index (χ1n) is 5.10. The second-order valence-corrected chi connectivity index (χ2v) is 8.28. The lowest BCUT2D eigenvalue weighted by molar-refractivity contribution is 0.0698. The van der Waals surface area contributed by atoms with E-state index < -0.39 is 16.0 Å². The Balaban J connectivity index is 2.52. The summed E-state index contributed by atoms with van der Waals surface area (Å²) < 4.78 is 27.6. The van der Waals surface area contributed by atoms with Crippen molar-refractivity contribution in [3.8, 4) is 0 Å². The third-order valence-corrected chi connectivity index (χ3v) is 6.11. The Morgan fingerprint density at radius 3 is 2.55 bits per heavy atom. The molecule has 0 saturated carbocycles. The zero-order valence-electron chi connectivity index (χ0n) is 9.63. The smallest absolute Gasteiger partial charge is 0.337 e. The predicted molar refractivity (Wildman–Crippen MR) is 83.9 cm³/mol. The minimum Gasteiger partial charge on any atom is -0.478 e. The molecule has 5 nitrogen and oxygen atoms in total. The first-order chi connectivity index (χ1) is 9.31. The Bertz CT molecular complexity index is 757. The quantitative estimate of drug-likeness (QED) is 0.757. The number of anilines is 1. The van der Waals surface area contributed by atoms with Gasteiger partial charge in [0.05, 0.1) is 11.3 Å². The summed E-state index contributed by atoms with van der Waals surface area (Å²) in [6.07, 6.45) is 0. The largest absolute Gasteiger partial charge is 0.478 e. The van der Waals surface area contributed by atoms with Gasteiger partial charge >= 0.3 is 5.97 Å². The molecule has 0 unspecified atom stereocenters. The second kappa shape index (κ2) is 5.84. The number of carboxylic acids is 1. The lowest BCUT2D eigenvalue weighted by Gasteiger charge is -2.12. The Morgan fingerprint density at radius 2 is 2.00 bits per heavy atom. The molecule has 0 spiro atoms. The van der Waals surface area contributed by atoms with Crippen LogP contribution in [0.3, 0.4) is 0 Å². The van der Waals surface area contributed by atoms with Gasteiger partial charge in [0.2, 0.25) is 0 Å². The molecule has 20 heavy (non-hydrogen) atoms. The lowest BCUT2D eigenvalue weighted by atomic mass is 10.2. The van der Waals surface area contributed by atoms with Gasteiger partial charge in [0.25, 0.3) is 10.0 Å². The van der Waals surface area contributed by atoms with E-state index in [1.807, 2.05) is 0 Å². The van der Waals surface area contributed by atoms with Gasteiger partial charge in [-0.15, -0.1) is 11.3 Å². The molecule has 9 heteroatoms. The maximum absolute atomic E-state index is 12.1. The van der Waals surface area contributed by atoms with E-state index in [0.717, 1.165) is 11.3 Å². The molecule has 0 atom stereocenters. The number of carbonyl (C=O) groups is 1. The molecule has 2 aromatic rings. The third kappa shape index (κ3) is 3.22. The summed E-state index contributed by atoms with van der Waals surface area (Å²) in [7, 11) is -3.80. The van der Waals surface area contributed by atoms with Gasteiger partial charge in [0.1, 0.15) is 4.21 Å². The van der Waals surface area contributed by atoms with Crippen molar-refractivity contribution in [2.75, 3.05) is 4.72 Å². The van der Waals surface area contributed by atoms with Crippen LogP contribution in [0.4, 0.5) is 5.69 Å². The molecular formula is C11H7Br2NO4S2. The number of thiophene rings is 1. The summed E-state index contributed by atoms with van der Waals surface area (Å²) in [6.45, 7) is 0. The van der Waals surface area contributed by atoms with Crippen LogP contribution in [0.2, 0.25) is 0 Å². The number of benzene rings is 1. The second-order valence-electron chi connectivity index (χ2n) is 3.65. The van der Waals surface area contributed by atoms with Gasteiger partial charge in [0.15, 0.2) is 0 Å². The molecule has 2 rings (SSSR count). The maximum Gasteiger partial charge on any atom is 0.337 e. The third-order valence-electron chi connectivity index (χ3n) is 2.28. The van der Waals surface area contributed by atoms with Crippen molar-refractivity contribution >= 4 is 64.9 Å². The average Bonchev–Trinajstić information content (AvgIpc) is 2.86. The van der Waals surface area contributed by atoms with Gasteiger partial charge in [-0.05, 0) is 39.5 Å². The summed E-state index contributed by atoms with van der Waals surface area (Å²) in [5, 5.41) is 10.8. The van der Waals surface area contributed by atoms with E-state index in [0.29, 0.717) is 8.95 Å². The van der Waals surface area contributed by atoms with Crippen LogP contribution in [0, 0.1) is 0 Å². The molecule has 0 aliphatic rings. The molecular weight excluding hydrogens is 434 g/mol. The van der Waals surface area contributed by atoms with Crippen LogP contribution in [0.15, 0.2) is 42.8 Å². The van der Waals surface area contributed by atoms with Crippen molar-refractivity contribution in [2.24, 2.45) is 0 Å². The van der Waals surface area contributed by atoms with Crippen LogP contribution in [0.5, 0.6) is 0 Å². The van der Waals surface area contributed by atoms with Crippen LogP contribution in [-0.4, -0.2) is 19.5 Å². The fourth-order valence-electron chi connectivity index (χ4n) is 1.45. The molecule has 0 saturated heterocycles. The zero-order valence-corrected chi connectivity index (χ0v) is 14.4. The molecule has 1 heterocycles. The van der Waals surface area contributed by atoms with Crippen LogP contribution in [0.1, 0.15) is 10.4 Å². The molecule has 0 aliphatic carbocycles. The minimum absolute atomic E-state index is 0.00546. The summed E-state index contributed by atoms with van der Waals surface area (Å²) in [4.78, 5) is 11.2. The minimum atomic E-state index is -3.80. The summed E-state index contributed by atoms with van der Waals surface area (Å²) in [6, 6.07) is 5.95. The molecule has 0 aliphatic heterocycles. The Labute approximate surface area is 135 Å². The highest BCUT2D eigenvalue weighted by atomic mass is 79.9. The standard InChI is InChI=1S/C11H7Br2NO4S2/c12-6-4-7(11(15)16)10(8(13)5-6)14-20(17,18)9-2-1-3-19-9/h1-5,14H,(H,15,16). The number of hydrogen-bond acceptors (Lipinski definition) is 4. The van der Waals surface area contributed by atoms with E-state index in [1.54, 1.807) is 17.5 Å². The van der Waals surface area contributed by atoms with Gasteiger partial charge in [0, 0.05) is 8.95 Å². The predicted octanol–water partition coefficient (Wildman–Crippen LogP) is 3.77. The highest BCUT2D eigenvalue weighted by molar-refractivity contribution is 9.11. The Kier molecular flexibility index (Phi) is 4.52. The number of hydrogen-bond donors (Lipinski definition) is 2. The zero-order chi connectivity index (χ0) is 14.9. The molecule has 0 radical (unpaired) electrons. The molecule has 0 fully saturated rings. The monoisotopic (exact) mass is 439 g/mol. The Hall–Kier alpha value is -0.900. The van der Waals surface area contributed by atoms with E-state index >= 15 is 0 Å². The fourth-order valence-corrected chi connectivity index (χ4v) is 5.00. The van der Waals surface area contributed by atoms with Crippen LogP contribution in [-0.2, 0) is 10.0 Å². The molecule has 0 amide bonds. The Morgan fingerprint density at radius 1 is 1.30 bits per heavy atom. The first-order valence-corrected chi connectivity index (χ1v) is 9.05. The van der Waals surface area contributed by atoms with Crippen molar-refractivity contribution in [3.05, 3.63) is 44.2 Å². The van der Waals surface area contributed by atoms with Crippen molar-refractivity contribution in [1.82, 2.24) is 0 Å². The molecule has 1 aromatic heterocycles. The number of carboxylic acid groups (broad SMARTS) is 1. The molecule has 2 N–H and O–H groups in total. The number of sulfonamides is 1. The number of rotatable bonds is 4. The highest BCUT2D eigenvalue weighted by Crippen LogP contribution is 2.33. The van der Waals surface area contributed by atoms with Gasteiger partial charge in [-0.25, -0.2) is 13.2 Å². The summed E-state index contributed by atoms with van der Waals surface area (Å²) in [5.41, 5.74) is -0.152. The molecule has 1 aromatic carbocycles.